The van der Waals surface area contributed by atoms with Crippen molar-refractivity contribution in [1.29, 1.82) is 10.5 Å². The Morgan fingerprint density at radius 3 is 1.54 bits per heavy atom. The summed E-state index contributed by atoms with van der Waals surface area (Å²) in [5.74, 6) is -2.15. The molecule has 0 fully saturated rings. The summed E-state index contributed by atoms with van der Waals surface area (Å²) in [6.45, 7) is 1.82. The van der Waals surface area contributed by atoms with Gasteiger partial charge >= 0.3 is 0 Å². The number of hydrogen-bond acceptors (Lipinski definition) is 3. The van der Waals surface area contributed by atoms with Gasteiger partial charge in [-0.1, -0.05) is 163 Å². The normalized spacial score (nSPS) is 17.4. The largest absolute Gasteiger partial charge is 0.307 e. The number of nitrogens with zero attached hydrogens (tertiary/aromatic N) is 5. The minimum absolute atomic E-state index is 0.242. The number of rotatable bonds is 4. The summed E-state index contributed by atoms with van der Waals surface area (Å²) >= 11 is 1.31. The number of nitriles is 2. The summed E-state index contributed by atoms with van der Waals surface area (Å²) in [5, 5.41) is 26.3. The van der Waals surface area contributed by atoms with Gasteiger partial charge in [-0.15, -0.1) is 11.3 Å². The molecule has 0 amide bonds. The summed E-state index contributed by atoms with van der Waals surface area (Å²) in [6.07, 6.45) is 0. The summed E-state index contributed by atoms with van der Waals surface area (Å²) < 4.78 is 232. The van der Waals surface area contributed by atoms with E-state index in [1.807, 2.05) is 49.4 Å². The molecule has 70 heavy (non-hydrogen) atoms. The third kappa shape index (κ3) is 5.02. The second-order valence-electron chi connectivity index (χ2n) is 16.8. The highest BCUT2D eigenvalue weighted by Gasteiger charge is 2.39. The van der Waals surface area contributed by atoms with E-state index in [1.165, 1.54) is 11.3 Å². The number of hydrogen-bond donors (Lipinski definition) is 0. The van der Waals surface area contributed by atoms with Gasteiger partial charge in [0.05, 0.1) is 93.3 Å². The van der Waals surface area contributed by atoms with Gasteiger partial charge in [-0.3, -0.25) is 0 Å². The Kier molecular flexibility index (Phi) is 4.58. The second kappa shape index (κ2) is 14.4. The van der Waals surface area contributed by atoms with E-state index >= 15 is 0 Å². The summed E-state index contributed by atoms with van der Waals surface area (Å²) in [4.78, 5) is 0. The highest BCUT2D eigenvalue weighted by atomic mass is 32.1. The van der Waals surface area contributed by atoms with Gasteiger partial charge in [0.15, 0.2) is 0 Å². The third-order valence-electron chi connectivity index (χ3n) is 13.4. The smallest absolute Gasteiger partial charge is 0.104 e. The number of para-hydroxylation sites is 4. The first-order valence-corrected chi connectivity index (χ1v) is 22.5. The third-order valence-corrected chi connectivity index (χ3v) is 14.6. The maximum Gasteiger partial charge on any atom is 0.104 e. The molecular formula is C64H37N5S. The monoisotopic (exact) mass is 931 g/mol. The van der Waals surface area contributed by atoms with Crippen LogP contribution in [-0.2, 0) is 0 Å². The van der Waals surface area contributed by atoms with Gasteiger partial charge in [0.25, 0.3) is 0 Å². The van der Waals surface area contributed by atoms with Crippen molar-refractivity contribution in [3.8, 4) is 40.3 Å². The van der Waals surface area contributed by atoms with Gasteiger partial charge in [-0.2, -0.15) is 10.5 Å². The van der Waals surface area contributed by atoms with Gasteiger partial charge in [0.2, 0.25) is 0 Å². The molecule has 324 valence electrons. The fourth-order valence-electron chi connectivity index (χ4n) is 10.7. The summed E-state index contributed by atoms with van der Waals surface area (Å²) in [7, 11) is 0. The van der Waals surface area contributed by atoms with Crippen LogP contribution in [0.15, 0.2) is 200 Å². The first kappa shape index (κ1) is 22.3. The number of fused-ring (bicyclic) bond motifs is 16. The van der Waals surface area contributed by atoms with E-state index in [9.17, 15) is 35.2 Å². The molecule has 0 atom stereocenters. The molecule has 0 radical (unpaired) electrons. The molecule has 5 nitrogen and oxygen atoms in total. The Morgan fingerprint density at radius 1 is 0.457 bits per heavy atom. The van der Waals surface area contributed by atoms with E-state index in [0.717, 1.165) is 24.8 Å². The lowest BCUT2D eigenvalue weighted by atomic mass is 9.82. The maximum atomic E-state index is 13.0. The fourth-order valence-corrected chi connectivity index (χ4v) is 12.0. The van der Waals surface area contributed by atoms with Crippen molar-refractivity contribution in [1.82, 2.24) is 13.7 Å². The molecule has 0 unspecified atom stereocenters. The average Bonchev–Trinajstić information content (AvgIpc) is 1.48. The molecule has 0 bridgehead atoms. The van der Waals surface area contributed by atoms with Gasteiger partial charge in [-0.25, -0.2) is 0 Å². The van der Waals surface area contributed by atoms with Crippen molar-refractivity contribution in [2.75, 3.05) is 0 Å². The van der Waals surface area contributed by atoms with Gasteiger partial charge < -0.3 is 13.7 Å². The highest BCUT2D eigenvalue weighted by Crippen LogP contribution is 2.55. The van der Waals surface area contributed by atoms with Crippen LogP contribution in [0.5, 0.6) is 0 Å². The molecule has 6 heteroatoms. The van der Waals surface area contributed by atoms with Crippen molar-refractivity contribution in [2.45, 2.75) is 12.8 Å². The second-order valence-corrected chi connectivity index (χ2v) is 17.9. The van der Waals surface area contributed by atoms with Crippen molar-refractivity contribution >= 4 is 96.9 Å². The predicted molar refractivity (Wildman–Crippen MR) is 289 cm³/mol. The Balaban J connectivity index is 1.38. The number of benzene rings is 10. The van der Waals surface area contributed by atoms with Crippen molar-refractivity contribution in [3.05, 3.63) is 233 Å². The highest BCUT2D eigenvalue weighted by molar-refractivity contribution is 7.26. The van der Waals surface area contributed by atoms with Gasteiger partial charge in [0.1, 0.15) is 17.7 Å². The van der Waals surface area contributed by atoms with Crippen molar-refractivity contribution in [3.63, 3.8) is 0 Å². The molecule has 4 heterocycles. The summed E-state index contributed by atoms with van der Waals surface area (Å²) in [6, 6.07) is -0.309. The zero-order chi connectivity index (χ0) is 67.2. The maximum absolute atomic E-state index is 13.0. The van der Waals surface area contributed by atoms with Crippen LogP contribution in [0.2, 0.25) is 0 Å². The van der Waals surface area contributed by atoms with E-state index in [0.29, 0.717) is 26.4 Å². The molecule has 0 saturated heterocycles. The van der Waals surface area contributed by atoms with Crippen LogP contribution < -0.4 is 0 Å². The Labute approximate surface area is 439 Å². The minimum Gasteiger partial charge on any atom is -0.307 e. The average molecular weight is 932 g/mol. The molecule has 14 aromatic rings. The molecule has 1 aliphatic rings. The Bertz CT molecular complexity index is 5940. The number of thiophene rings is 1. The molecule has 15 rings (SSSR count). The zero-order valence-corrected chi connectivity index (χ0v) is 36.7. The standard InChI is InChI=1S/C64H37N5S/c1-37-30-33-56-49(34-37)47-31-32-48-44-22-10-15-29-57(44)70-64(48)63(47)69(56)61-50(35-65)59(58-45-23-4-2-16-38(45)39-17-3-5-24-46(39)58)60(67-52-25-11-6-18-40(52)41-19-7-12-26-53(41)67)51(36-66)62(61)68-54-27-13-8-20-42(54)43-21-9-14-28-55(43)68/h2-34,58H,1H3/i2D,3D,4D,5D,6D,7D,8D,9D,11D,12D,13D,14D,16D,17D,18D,19D,20D,21D,23D,24D,25D,26D,27D,28D. The number of aromatic nitrogens is 3. The van der Waals surface area contributed by atoms with Crippen LogP contribution in [-0.4, -0.2) is 13.7 Å². The summed E-state index contributed by atoms with van der Waals surface area (Å²) in [5.41, 5.74) is -7.49. The molecule has 0 spiro atoms. The Morgan fingerprint density at radius 2 is 0.957 bits per heavy atom. The minimum atomic E-state index is -2.15. The molecule has 0 aliphatic heterocycles. The van der Waals surface area contributed by atoms with Crippen molar-refractivity contribution < 1.29 is 32.9 Å². The van der Waals surface area contributed by atoms with Gasteiger partial charge in [0, 0.05) is 59.3 Å². The molecular weight excluding hydrogens is 871 g/mol. The van der Waals surface area contributed by atoms with E-state index < -0.39 is 251 Å². The van der Waals surface area contributed by atoms with Crippen LogP contribution in [0, 0.1) is 29.6 Å². The molecule has 0 N–H and O–H groups in total. The van der Waals surface area contributed by atoms with E-state index in [1.54, 1.807) is 16.7 Å². The lowest BCUT2D eigenvalue weighted by molar-refractivity contribution is 0.953. The van der Waals surface area contributed by atoms with Crippen LogP contribution in [0.25, 0.3) is 114 Å². The lowest BCUT2D eigenvalue weighted by Gasteiger charge is -2.29. The molecule has 1 aliphatic carbocycles. The van der Waals surface area contributed by atoms with Crippen LogP contribution >= 0.6 is 11.3 Å². The number of aryl methyl sites for hydroxylation is 1. The first-order chi connectivity index (χ1) is 44.6. The van der Waals surface area contributed by atoms with E-state index in [-0.39, 0.29) is 5.52 Å². The fraction of sp³-hybridized carbons (Fsp3) is 0.0312. The van der Waals surface area contributed by atoms with E-state index in [2.05, 4.69) is 12.1 Å². The molecule has 10 aromatic carbocycles. The van der Waals surface area contributed by atoms with Crippen LogP contribution in [0.4, 0.5) is 0 Å². The van der Waals surface area contributed by atoms with E-state index in [4.69, 9.17) is 8.22 Å². The predicted octanol–water partition coefficient (Wildman–Crippen LogP) is 16.6. The molecule has 0 saturated carbocycles. The van der Waals surface area contributed by atoms with Gasteiger partial charge in [-0.05, 0) is 71.5 Å². The van der Waals surface area contributed by atoms with Crippen LogP contribution in [0.1, 0.15) is 72.2 Å². The zero-order valence-electron chi connectivity index (χ0n) is 59.9. The quantitative estimate of drug-likeness (QED) is 0.176. The topological polar surface area (TPSA) is 62.4 Å². The first-order valence-electron chi connectivity index (χ1n) is 33.7. The van der Waals surface area contributed by atoms with Crippen LogP contribution in [0.3, 0.4) is 0 Å². The van der Waals surface area contributed by atoms with Crippen molar-refractivity contribution in [2.24, 2.45) is 0 Å². The SMILES string of the molecule is [2H]c1c([2H])c([2H])c2c(c1[2H])-c1c([2H])c([2H])c([2H])c([2H])c1C2c1c(C#N)c(-n2c3ccc(C)cc3c3ccc4c5ccccc5sc4c32)c(-n2c3c([2H])c([2H])c([2H])c([2H])c3c3c([2H])c([2H])c([2H])c([2H])c32)c(C#N)c1-n1c2c([2H])c([2H])c([2H])c([2H])c2c2c([2H])c([2H])c([2H])c([2H])c21. The Hall–Kier alpha value is -9.20. The lowest BCUT2D eigenvalue weighted by Crippen LogP contribution is -2.18. The molecule has 4 aromatic heterocycles.